The molecule has 1 aliphatic heterocycles. The number of rotatable bonds is 4. The zero-order chi connectivity index (χ0) is 14.7. The molecule has 2 aromatic rings. The summed E-state index contributed by atoms with van der Waals surface area (Å²) in [6, 6.07) is 17.3. The molecule has 0 saturated carbocycles. The fourth-order valence-electron chi connectivity index (χ4n) is 2.50. The van der Waals surface area contributed by atoms with Gasteiger partial charge in [-0.2, -0.15) is 0 Å². The third kappa shape index (κ3) is 2.76. The zero-order valence-corrected chi connectivity index (χ0v) is 11.6. The first kappa shape index (κ1) is 13.6. The van der Waals surface area contributed by atoms with Gasteiger partial charge in [0.15, 0.2) is 6.10 Å². The summed E-state index contributed by atoms with van der Waals surface area (Å²) in [4.78, 5) is 14.3. The summed E-state index contributed by atoms with van der Waals surface area (Å²) in [5, 5.41) is 9.11. The number of aliphatic hydroxyl groups excluding tert-OH is 1. The Kier molecular flexibility index (Phi) is 3.88. The number of aliphatic hydroxyl groups is 1. The Labute approximate surface area is 123 Å². The van der Waals surface area contributed by atoms with E-state index in [1.807, 2.05) is 54.6 Å². The van der Waals surface area contributed by atoms with E-state index in [1.54, 1.807) is 4.90 Å². The van der Waals surface area contributed by atoms with Crippen molar-refractivity contribution >= 4 is 11.6 Å². The molecule has 1 heterocycles. The second-order valence-corrected chi connectivity index (χ2v) is 5.00. The molecule has 0 radical (unpaired) electrons. The van der Waals surface area contributed by atoms with Crippen LogP contribution in [0.2, 0.25) is 0 Å². The van der Waals surface area contributed by atoms with Gasteiger partial charge in [-0.3, -0.25) is 4.79 Å². The largest absolute Gasteiger partial charge is 0.478 e. The predicted molar refractivity (Wildman–Crippen MR) is 80.2 cm³/mol. The molecular weight excluding hydrogens is 266 g/mol. The Bertz CT molecular complexity index is 627. The van der Waals surface area contributed by atoms with Crippen molar-refractivity contribution in [3.63, 3.8) is 0 Å². The van der Waals surface area contributed by atoms with Crippen LogP contribution in [0.5, 0.6) is 5.75 Å². The van der Waals surface area contributed by atoms with Crippen LogP contribution in [-0.4, -0.2) is 23.7 Å². The molecule has 0 bridgehead atoms. The fourth-order valence-corrected chi connectivity index (χ4v) is 2.50. The molecule has 0 aliphatic carbocycles. The first-order valence-corrected chi connectivity index (χ1v) is 7.01. The molecule has 4 heteroatoms. The maximum Gasteiger partial charge on any atom is 0.268 e. The van der Waals surface area contributed by atoms with Gasteiger partial charge in [-0.05, 0) is 17.7 Å². The maximum atomic E-state index is 12.6. The average Bonchev–Trinajstić information content (AvgIpc) is 2.52. The molecule has 108 valence electrons. The van der Waals surface area contributed by atoms with Crippen molar-refractivity contribution in [2.45, 2.75) is 19.1 Å². The lowest BCUT2D eigenvalue weighted by molar-refractivity contribution is -0.127. The Balaban J connectivity index is 1.94. The molecule has 2 aromatic carbocycles. The minimum atomic E-state index is -0.617. The van der Waals surface area contributed by atoms with Crippen molar-refractivity contribution in [2.24, 2.45) is 0 Å². The minimum Gasteiger partial charge on any atom is -0.478 e. The molecule has 1 N–H and O–H groups in total. The number of hydrogen-bond acceptors (Lipinski definition) is 3. The van der Waals surface area contributed by atoms with Gasteiger partial charge >= 0.3 is 0 Å². The molecule has 0 aromatic heterocycles. The molecule has 0 saturated heterocycles. The van der Waals surface area contributed by atoms with E-state index < -0.39 is 6.10 Å². The van der Waals surface area contributed by atoms with Gasteiger partial charge < -0.3 is 14.7 Å². The number of ether oxygens (including phenoxy) is 1. The van der Waals surface area contributed by atoms with Crippen molar-refractivity contribution in [1.82, 2.24) is 0 Å². The van der Waals surface area contributed by atoms with Gasteiger partial charge in [-0.15, -0.1) is 0 Å². The van der Waals surface area contributed by atoms with Crippen LogP contribution < -0.4 is 9.64 Å². The Morgan fingerprint density at radius 3 is 2.52 bits per heavy atom. The van der Waals surface area contributed by atoms with Crippen molar-refractivity contribution in [3.05, 3.63) is 60.2 Å². The number of carbonyl (C=O) groups excluding carboxylic acids is 1. The van der Waals surface area contributed by atoms with Crippen molar-refractivity contribution in [3.8, 4) is 5.75 Å². The predicted octanol–water partition coefficient (Wildman–Crippen LogP) is 2.36. The van der Waals surface area contributed by atoms with Crippen LogP contribution >= 0.6 is 0 Å². The summed E-state index contributed by atoms with van der Waals surface area (Å²) in [6.45, 7) is 0.430. The van der Waals surface area contributed by atoms with E-state index in [4.69, 9.17) is 9.84 Å². The van der Waals surface area contributed by atoms with Crippen LogP contribution in [0, 0.1) is 0 Å². The maximum absolute atomic E-state index is 12.6. The number of nitrogens with zero attached hydrogens (tertiary/aromatic N) is 1. The lowest BCUT2D eigenvalue weighted by Gasteiger charge is -2.34. The third-order valence-electron chi connectivity index (χ3n) is 3.54. The third-order valence-corrected chi connectivity index (χ3v) is 3.54. The molecule has 3 rings (SSSR count). The van der Waals surface area contributed by atoms with Gasteiger partial charge in [0, 0.05) is 13.0 Å². The summed E-state index contributed by atoms with van der Waals surface area (Å²) in [7, 11) is 0. The summed E-state index contributed by atoms with van der Waals surface area (Å²) < 4.78 is 5.70. The number of para-hydroxylation sites is 2. The van der Waals surface area contributed by atoms with E-state index >= 15 is 0 Å². The number of fused-ring (bicyclic) bond motifs is 1. The number of benzene rings is 2. The molecule has 4 nitrogen and oxygen atoms in total. The highest BCUT2D eigenvalue weighted by Crippen LogP contribution is 2.35. The normalized spacial score (nSPS) is 17.3. The van der Waals surface area contributed by atoms with E-state index in [-0.39, 0.29) is 12.5 Å². The van der Waals surface area contributed by atoms with Crippen LogP contribution in [0.4, 0.5) is 5.69 Å². The molecule has 1 amide bonds. The number of amides is 1. The van der Waals surface area contributed by atoms with E-state index in [0.717, 1.165) is 11.3 Å². The summed E-state index contributed by atoms with van der Waals surface area (Å²) in [5.41, 5.74) is 1.84. The summed E-state index contributed by atoms with van der Waals surface area (Å²) in [5.74, 6) is 0.582. The molecule has 1 atom stereocenters. The topological polar surface area (TPSA) is 49.8 Å². The van der Waals surface area contributed by atoms with E-state index in [2.05, 4.69) is 0 Å². The van der Waals surface area contributed by atoms with Crippen LogP contribution in [-0.2, 0) is 11.3 Å². The lowest BCUT2D eigenvalue weighted by atomic mass is 10.1. The molecule has 21 heavy (non-hydrogen) atoms. The van der Waals surface area contributed by atoms with Gasteiger partial charge in [0.05, 0.1) is 12.2 Å². The van der Waals surface area contributed by atoms with Gasteiger partial charge in [-0.1, -0.05) is 42.5 Å². The van der Waals surface area contributed by atoms with Crippen molar-refractivity contribution < 1.29 is 14.6 Å². The second kappa shape index (κ2) is 5.97. The van der Waals surface area contributed by atoms with Crippen LogP contribution in [0.25, 0.3) is 0 Å². The molecule has 1 unspecified atom stereocenters. The first-order valence-electron chi connectivity index (χ1n) is 7.01. The summed E-state index contributed by atoms with van der Waals surface area (Å²) >= 11 is 0. The highest BCUT2D eigenvalue weighted by molar-refractivity contribution is 5.99. The van der Waals surface area contributed by atoms with Gasteiger partial charge in [-0.25, -0.2) is 0 Å². The number of anilines is 1. The van der Waals surface area contributed by atoms with E-state index in [1.165, 1.54) is 0 Å². The van der Waals surface area contributed by atoms with Gasteiger partial charge in [0.1, 0.15) is 5.75 Å². The molecule has 0 spiro atoms. The zero-order valence-electron chi connectivity index (χ0n) is 11.6. The quantitative estimate of drug-likeness (QED) is 0.937. The standard InChI is InChI=1S/C17H17NO3/c19-11-10-16-17(20)18(12-13-6-2-1-3-7-13)14-8-4-5-9-15(14)21-16/h1-9,16,19H,10-12H2. The van der Waals surface area contributed by atoms with Crippen LogP contribution in [0.15, 0.2) is 54.6 Å². The second-order valence-electron chi connectivity index (χ2n) is 5.00. The van der Waals surface area contributed by atoms with Gasteiger partial charge in [0.25, 0.3) is 5.91 Å². The minimum absolute atomic E-state index is 0.0717. The Morgan fingerprint density at radius 2 is 1.76 bits per heavy atom. The highest BCUT2D eigenvalue weighted by Gasteiger charge is 2.33. The summed E-state index contributed by atoms with van der Waals surface area (Å²) in [6.07, 6.45) is -0.313. The fraction of sp³-hybridized carbons (Fsp3) is 0.235. The van der Waals surface area contributed by atoms with Crippen LogP contribution in [0.1, 0.15) is 12.0 Å². The van der Waals surface area contributed by atoms with Crippen molar-refractivity contribution in [1.29, 1.82) is 0 Å². The lowest BCUT2D eigenvalue weighted by Crippen LogP contribution is -2.45. The number of carbonyl (C=O) groups is 1. The van der Waals surface area contributed by atoms with Crippen molar-refractivity contribution in [2.75, 3.05) is 11.5 Å². The highest BCUT2D eigenvalue weighted by atomic mass is 16.5. The average molecular weight is 283 g/mol. The Morgan fingerprint density at radius 1 is 1.05 bits per heavy atom. The smallest absolute Gasteiger partial charge is 0.268 e. The molecular formula is C17H17NO3. The Hall–Kier alpha value is -2.33. The van der Waals surface area contributed by atoms with E-state index in [9.17, 15) is 4.79 Å². The van der Waals surface area contributed by atoms with Crippen LogP contribution in [0.3, 0.4) is 0 Å². The molecule has 0 fully saturated rings. The van der Waals surface area contributed by atoms with E-state index in [0.29, 0.717) is 18.7 Å². The monoisotopic (exact) mass is 283 g/mol. The number of hydrogen-bond donors (Lipinski definition) is 1. The first-order chi connectivity index (χ1) is 10.3. The SMILES string of the molecule is O=C1C(CCO)Oc2ccccc2N1Cc1ccccc1. The molecule has 1 aliphatic rings. The van der Waals surface area contributed by atoms with Gasteiger partial charge in [0.2, 0.25) is 0 Å².